The molecule has 17 heavy (non-hydrogen) atoms. The van der Waals surface area contributed by atoms with Gasteiger partial charge in [0.15, 0.2) is 11.5 Å². The van der Waals surface area contributed by atoms with Gasteiger partial charge in [-0.3, -0.25) is 0 Å². The highest BCUT2D eigenvalue weighted by molar-refractivity contribution is 5.81. The van der Waals surface area contributed by atoms with Crippen LogP contribution in [-0.4, -0.2) is 38.5 Å². The number of anilines is 1. The molecule has 0 aliphatic carbocycles. The summed E-state index contributed by atoms with van der Waals surface area (Å²) in [5.41, 5.74) is 6.97. The molecule has 2 N–H and O–H groups in total. The number of nitrogens with zero attached hydrogens (tertiary/aromatic N) is 4. The molecule has 1 aliphatic rings. The van der Waals surface area contributed by atoms with Crippen LogP contribution in [0.5, 0.6) is 0 Å². The number of carbonyl (C=O) groups excluding carboxylic acids is 1. The summed E-state index contributed by atoms with van der Waals surface area (Å²) in [4.78, 5) is 22.9. The van der Waals surface area contributed by atoms with Crippen molar-refractivity contribution in [2.24, 2.45) is 0 Å². The SMILES string of the molecule is Nc1ncnc2c1ncn2C1CO[C@@H](C=O)C1. The summed E-state index contributed by atoms with van der Waals surface area (Å²) in [5, 5.41) is 0. The number of rotatable bonds is 2. The number of nitrogen functional groups attached to an aromatic ring is 1. The van der Waals surface area contributed by atoms with E-state index in [1.807, 2.05) is 4.57 Å². The zero-order chi connectivity index (χ0) is 11.8. The van der Waals surface area contributed by atoms with Crippen LogP contribution in [-0.2, 0) is 9.53 Å². The highest BCUT2D eigenvalue weighted by Gasteiger charge is 2.27. The summed E-state index contributed by atoms with van der Waals surface area (Å²) in [7, 11) is 0. The van der Waals surface area contributed by atoms with Gasteiger partial charge in [0.25, 0.3) is 0 Å². The topological polar surface area (TPSA) is 95.9 Å². The Morgan fingerprint density at radius 1 is 1.47 bits per heavy atom. The van der Waals surface area contributed by atoms with E-state index in [0.717, 1.165) is 6.29 Å². The molecule has 0 amide bonds. The Hall–Kier alpha value is -2.02. The van der Waals surface area contributed by atoms with Gasteiger partial charge in [-0.05, 0) is 0 Å². The number of nitrogens with two attached hydrogens (primary N) is 1. The lowest BCUT2D eigenvalue weighted by Gasteiger charge is -2.09. The second-order valence-electron chi connectivity index (χ2n) is 3.98. The fraction of sp³-hybridized carbons (Fsp3) is 0.400. The van der Waals surface area contributed by atoms with Crippen LogP contribution in [0.2, 0.25) is 0 Å². The predicted molar refractivity (Wildman–Crippen MR) is 59.2 cm³/mol. The Balaban J connectivity index is 2.01. The average Bonchev–Trinajstić information content (AvgIpc) is 2.94. The van der Waals surface area contributed by atoms with Crippen molar-refractivity contribution in [3.8, 4) is 0 Å². The molecule has 88 valence electrons. The molecule has 2 aromatic heterocycles. The first kappa shape index (κ1) is 10.2. The van der Waals surface area contributed by atoms with E-state index < -0.39 is 0 Å². The fourth-order valence-corrected chi connectivity index (χ4v) is 2.06. The number of aromatic nitrogens is 4. The van der Waals surface area contributed by atoms with Gasteiger partial charge in [-0.2, -0.15) is 0 Å². The molecule has 1 aliphatic heterocycles. The first-order chi connectivity index (χ1) is 8.29. The third kappa shape index (κ3) is 1.55. The van der Waals surface area contributed by atoms with E-state index >= 15 is 0 Å². The summed E-state index contributed by atoms with van der Waals surface area (Å²) < 4.78 is 7.21. The van der Waals surface area contributed by atoms with Gasteiger partial charge in [0.05, 0.1) is 19.0 Å². The number of carbonyl (C=O) groups is 1. The van der Waals surface area contributed by atoms with Crippen molar-refractivity contribution < 1.29 is 9.53 Å². The highest BCUT2D eigenvalue weighted by atomic mass is 16.5. The molecule has 7 nitrogen and oxygen atoms in total. The zero-order valence-corrected chi connectivity index (χ0v) is 8.98. The van der Waals surface area contributed by atoms with E-state index in [9.17, 15) is 4.79 Å². The smallest absolute Gasteiger partial charge is 0.165 e. The van der Waals surface area contributed by atoms with Gasteiger partial charge in [-0.15, -0.1) is 0 Å². The Bertz CT molecular complexity index is 567. The number of imidazole rings is 1. The van der Waals surface area contributed by atoms with Crippen LogP contribution in [0.15, 0.2) is 12.7 Å². The lowest BCUT2D eigenvalue weighted by Crippen LogP contribution is -2.09. The molecule has 0 aromatic carbocycles. The minimum absolute atomic E-state index is 0.0736. The van der Waals surface area contributed by atoms with Crippen LogP contribution in [0.3, 0.4) is 0 Å². The van der Waals surface area contributed by atoms with E-state index in [1.165, 1.54) is 6.33 Å². The third-order valence-corrected chi connectivity index (χ3v) is 2.94. The third-order valence-electron chi connectivity index (χ3n) is 2.94. The Morgan fingerprint density at radius 2 is 2.35 bits per heavy atom. The number of hydrogen-bond donors (Lipinski definition) is 1. The van der Waals surface area contributed by atoms with Crippen LogP contribution < -0.4 is 5.73 Å². The summed E-state index contributed by atoms with van der Waals surface area (Å²) >= 11 is 0. The summed E-state index contributed by atoms with van der Waals surface area (Å²) in [5.74, 6) is 0.361. The first-order valence-corrected chi connectivity index (χ1v) is 5.29. The molecule has 0 spiro atoms. The zero-order valence-electron chi connectivity index (χ0n) is 8.98. The van der Waals surface area contributed by atoms with E-state index in [2.05, 4.69) is 15.0 Å². The molecule has 3 heterocycles. The molecule has 7 heteroatoms. The van der Waals surface area contributed by atoms with Gasteiger partial charge in [0.2, 0.25) is 0 Å². The van der Waals surface area contributed by atoms with Crippen LogP contribution in [0.4, 0.5) is 5.82 Å². The minimum atomic E-state index is -0.336. The van der Waals surface area contributed by atoms with Crippen LogP contribution in [0, 0.1) is 0 Å². The van der Waals surface area contributed by atoms with Gasteiger partial charge in [-0.25, -0.2) is 15.0 Å². The van der Waals surface area contributed by atoms with E-state index in [0.29, 0.717) is 30.0 Å². The number of ether oxygens (including phenoxy) is 1. The molecule has 3 rings (SSSR count). The number of aldehydes is 1. The second-order valence-corrected chi connectivity index (χ2v) is 3.98. The molecule has 2 atom stereocenters. The van der Waals surface area contributed by atoms with Gasteiger partial charge < -0.3 is 19.8 Å². The minimum Gasteiger partial charge on any atom is -0.382 e. The molecule has 0 saturated carbocycles. The van der Waals surface area contributed by atoms with Gasteiger partial charge in [-0.1, -0.05) is 0 Å². The van der Waals surface area contributed by atoms with E-state index in [-0.39, 0.29) is 12.1 Å². The molecule has 0 radical (unpaired) electrons. The standard InChI is InChI=1S/C10H11N5O2/c11-9-8-10(13-4-12-9)15(5-14-8)6-1-7(2-16)17-3-6/h2,4-7H,1,3H2,(H2,11,12,13)/t6?,7-/m1/s1. The molecule has 1 fully saturated rings. The van der Waals surface area contributed by atoms with E-state index in [4.69, 9.17) is 10.5 Å². The maximum Gasteiger partial charge on any atom is 0.165 e. The van der Waals surface area contributed by atoms with Crippen molar-refractivity contribution in [2.75, 3.05) is 12.3 Å². The van der Waals surface area contributed by atoms with Crippen molar-refractivity contribution in [3.05, 3.63) is 12.7 Å². The lowest BCUT2D eigenvalue weighted by atomic mass is 10.2. The van der Waals surface area contributed by atoms with Crippen molar-refractivity contribution in [2.45, 2.75) is 18.6 Å². The van der Waals surface area contributed by atoms with Crippen molar-refractivity contribution >= 4 is 23.3 Å². The van der Waals surface area contributed by atoms with Gasteiger partial charge in [0, 0.05) is 6.42 Å². The first-order valence-electron chi connectivity index (χ1n) is 5.29. The predicted octanol–water partition coefficient (Wildman–Crippen LogP) is -0.0626. The largest absolute Gasteiger partial charge is 0.382 e. The molecule has 1 saturated heterocycles. The van der Waals surface area contributed by atoms with Crippen LogP contribution >= 0.6 is 0 Å². The maximum atomic E-state index is 10.6. The average molecular weight is 233 g/mol. The maximum absolute atomic E-state index is 10.6. The molecule has 1 unspecified atom stereocenters. The van der Waals surface area contributed by atoms with Gasteiger partial charge >= 0.3 is 0 Å². The van der Waals surface area contributed by atoms with Crippen molar-refractivity contribution in [1.82, 2.24) is 19.5 Å². The normalized spacial score (nSPS) is 24.2. The lowest BCUT2D eigenvalue weighted by molar-refractivity contribution is -0.115. The van der Waals surface area contributed by atoms with E-state index in [1.54, 1.807) is 6.33 Å². The van der Waals surface area contributed by atoms with Crippen LogP contribution in [0.1, 0.15) is 12.5 Å². The molecular weight excluding hydrogens is 222 g/mol. The van der Waals surface area contributed by atoms with Crippen molar-refractivity contribution in [1.29, 1.82) is 0 Å². The summed E-state index contributed by atoms with van der Waals surface area (Å²) in [6.45, 7) is 0.485. The number of hydrogen-bond acceptors (Lipinski definition) is 6. The Labute approximate surface area is 96.6 Å². The molecule has 0 bridgehead atoms. The Kier molecular flexibility index (Phi) is 2.25. The molecule has 2 aromatic rings. The summed E-state index contributed by atoms with van der Waals surface area (Å²) in [6, 6.07) is 0.0736. The number of fused-ring (bicyclic) bond motifs is 1. The quantitative estimate of drug-likeness (QED) is 0.730. The Morgan fingerprint density at radius 3 is 3.12 bits per heavy atom. The molecular formula is C10H11N5O2. The highest BCUT2D eigenvalue weighted by Crippen LogP contribution is 2.27. The van der Waals surface area contributed by atoms with Gasteiger partial charge in [0.1, 0.15) is 24.2 Å². The van der Waals surface area contributed by atoms with Crippen molar-refractivity contribution in [3.63, 3.8) is 0 Å². The fourth-order valence-electron chi connectivity index (χ4n) is 2.06. The van der Waals surface area contributed by atoms with Crippen LogP contribution in [0.25, 0.3) is 11.2 Å². The monoisotopic (exact) mass is 233 g/mol. The summed E-state index contributed by atoms with van der Waals surface area (Å²) in [6.07, 6.45) is 4.19. The second kappa shape index (κ2) is 3.77.